The average Bonchev–Trinajstić information content (AvgIpc) is 2.99. The van der Waals surface area contributed by atoms with Gasteiger partial charge in [0.05, 0.1) is 34.2 Å². The van der Waals surface area contributed by atoms with E-state index in [-0.39, 0.29) is 0 Å². The predicted molar refractivity (Wildman–Crippen MR) is 194 cm³/mol. The Balaban J connectivity index is 2.25. The van der Waals surface area contributed by atoms with Crippen molar-refractivity contribution in [3.05, 3.63) is 114 Å². The van der Waals surface area contributed by atoms with E-state index in [9.17, 15) is 0 Å². The third-order valence-electron chi connectivity index (χ3n) is 8.16. The maximum absolute atomic E-state index is 5.44. The fourth-order valence-electron chi connectivity index (χ4n) is 5.62. The Labute approximate surface area is 268 Å². The highest BCUT2D eigenvalue weighted by molar-refractivity contribution is 6.04. The minimum atomic E-state index is 0.376. The van der Waals surface area contributed by atoms with E-state index < -0.39 is 0 Å². The number of benzene rings is 2. The monoisotopic (exact) mass is 589 g/mol. The Morgan fingerprint density at radius 1 is 0.568 bits per heavy atom. The molecule has 0 saturated carbocycles. The summed E-state index contributed by atoms with van der Waals surface area (Å²) in [6.07, 6.45) is 9.51. The lowest BCUT2D eigenvalue weighted by Gasteiger charge is -2.19. The fraction of sp³-hybridized carbons (Fsp3) is 0.439. The summed E-state index contributed by atoms with van der Waals surface area (Å²) in [5.41, 5.74) is 11.3. The van der Waals surface area contributed by atoms with E-state index in [2.05, 4.69) is 123 Å². The van der Waals surface area contributed by atoms with Crippen LogP contribution in [0.1, 0.15) is 151 Å². The molecule has 0 bridgehead atoms. The van der Waals surface area contributed by atoms with Crippen molar-refractivity contribution in [3.8, 4) is 0 Å². The molecule has 234 valence electrons. The topological polar surface area (TPSA) is 37.6 Å². The summed E-state index contributed by atoms with van der Waals surface area (Å²) in [5.74, 6) is 1.50. The number of aliphatic imine (C=N–C) groups is 2. The highest BCUT2D eigenvalue weighted by Gasteiger charge is 2.18. The van der Waals surface area contributed by atoms with Gasteiger partial charge in [-0.15, -0.1) is 13.2 Å². The summed E-state index contributed by atoms with van der Waals surface area (Å²) in [7, 11) is 0. The molecule has 2 aromatic carbocycles. The van der Waals surface area contributed by atoms with Crippen LogP contribution in [0.5, 0.6) is 0 Å². The van der Waals surface area contributed by atoms with Crippen molar-refractivity contribution in [2.45, 2.75) is 118 Å². The molecule has 0 aliphatic carbocycles. The lowest BCUT2D eigenvalue weighted by molar-refractivity contribution is 0.832. The van der Waals surface area contributed by atoms with Crippen molar-refractivity contribution in [2.75, 3.05) is 0 Å². The predicted octanol–water partition coefficient (Wildman–Crippen LogP) is 12.5. The summed E-state index contributed by atoms with van der Waals surface area (Å²) >= 11 is 0. The maximum atomic E-state index is 5.44. The number of unbranched alkanes of at least 4 members (excludes halogenated alkanes) is 2. The molecule has 3 heteroatoms. The molecule has 0 atom stereocenters. The zero-order valence-corrected chi connectivity index (χ0v) is 28.7. The van der Waals surface area contributed by atoms with Crippen LogP contribution in [0.3, 0.4) is 0 Å². The lowest BCUT2D eigenvalue weighted by Crippen LogP contribution is -2.11. The quantitative estimate of drug-likeness (QED) is 0.0930. The fourth-order valence-corrected chi connectivity index (χ4v) is 5.62. The van der Waals surface area contributed by atoms with Gasteiger partial charge in [0.1, 0.15) is 0 Å². The Morgan fingerprint density at radius 2 is 0.886 bits per heavy atom. The van der Waals surface area contributed by atoms with Crippen LogP contribution in [0, 0.1) is 0 Å². The Bertz CT molecular complexity index is 1290. The normalized spacial score (nSPS) is 12.5. The van der Waals surface area contributed by atoms with E-state index >= 15 is 0 Å². The molecule has 1 heterocycles. The molecule has 3 nitrogen and oxygen atoms in total. The maximum Gasteiger partial charge on any atom is 0.0852 e. The van der Waals surface area contributed by atoms with Gasteiger partial charge in [-0.25, -0.2) is 4.98 Å². The van der Waals surface area contributed by atoms with Crippen molar-refractivity contribution in [2.24, 2.45) is 9.98 Å². The van der Waals surface area contributed by atoms with E-state index in [1.165, 1.54) is 22.3 Å². The van der Waals surface area contributed by atoms with Gasteiger partial charge in [-0.3, -0.25) is 9.98 Å². The lowest BCUT2D eigenvalue weighted by atomic mass is 9.92. The molecular formula is C41H55N3. The van der Waals surface area contributed by atoms with Crippen LogP contribution < -0.4 is 0 Å². The second-order valence-corrected chi connectivity index (χ2v) is 13.1. The highest BCUT2D eigenvalue weighted by Crippen LogP contribution is 2.37. The minimum absolute atomic E-state index is 0.376. The molecule has 44 heavy (non-hydrogen) atoms. The number of para-hydroxylation sites is 2. The van der Waals surface area contributed by atoms with Crippen LogP contribution in [0.4, 0.5) is 11.4 Å². The number of rotatable bonds is 16. The zero-order valence-electron chi connectivity index (χ0n) is 28.7. The molecule has 0 radical (unpaired) electrons. The van der Waals surface area contributed by atoms with Crippen molar-refractivity contribution >= 4 is 22.8 Å². The summed E-state index contributed by atoms with van der Waals surface area (Å²) in [4.78, 5) is 16.2. The van der Waals surface area contributed by atoms with Gasteiger partial charge in [-0.2, -0.15) is 0 Å². The molecular weight excluding hydrogens is 534 g/mol. The Kier molecular flexibility index (Phi) is 13.5. The SMILES string of the molecule is C=CCCCC(=Nc1c(C(C)C)cccc1C(C)C)c1cccc(C(CCCC=C)=Nc2c(C(C)C)cccc2C(C)C)n1. The van der Waals surface area contributed by atoms with Crippen molar-refractivity contribution in [3.63, 3.8) is 0 Å². The minimum Gasteiger partial charge on any atom is -0.251 e. The summed E-state index contributed by atoms with van der Waals surface area (Å²) in [6, 6.07) is 19.6. The summed E-state index contributed by atoms with van der Waals surface area (Å²) < 4.78 is 0. The molecule has 3 rings (SSSR count). The number of nitrogens with zero attached hydrogens (tertiary/aromatic N) is 3. The molecule has 0 fully saturated rings. The van der Waals surface area contributed by atoms with Gasteiger partial charge < -0.3 is 0 Å². The molecule has 3 aromatic rings. The number of hydrogen-bond acceptors (Lipinski definition) is 3. The van der Waals surface area contributed by atoms with E-state index in [1.807, 2.05) is 12.2 Å². The highest BCUT2D eigenvalue weighted by atomic mass is 14.9. The second-order valence-electron chi connectivity index (χ2n) is 13.1. The van der Waals surface area contributed by atoms with Gasteiger partial charge in [-0.1, -0.05) is 110 Å². The van der Waals surface area contributed by atoms with Gasteiger partial charge in [-0.05, 0) is 96.6 Å². The molecule has 0 aliphatic rings. The van der Waals surface area contributed by atoms with Gasteiger partial charge >= 0.3 is 0 Å². The summed E-state index contributed by atoms with van der Waals surface area (Å²) in [5, 5.41) is 0. The zero-order chi connectivity index (χ0) is 32.2. The second kappa shape index (κ2) is 17.0. The van der Waals surface area contributed by atoms with E-state index in [4.69, 9.17) is 15.0 Å². The number of hydrogen-bond donors (Lipinski definition) is 0. The Morgan fingerprint density at radius 3 is 1.18 bits per heavy atom. The van der Waals surface area contributed by atoms with Gasteiger partial charge in [0, 0.05) is 0 Å². The van der Waals surface area contributed by atoms with Gasteiger partial charge in [0.2, 0.25) is 0 Å². The third kappa shape index (κ3) is 9.21. The van der Waals surface area contributed by atoms with Crippen LogP contribution in [0.2, 0.25) is 0 Å². The van der Waals surface area contributed by atoms with E-state index in [0.717, 1.165) is 72.7 Å². The van der Waals surface area contributed by atoms with Crippen molar-refractivity contribution < 1.29 is 0 Å². The standard InChI is InChI=1S/C41H55N3/c1-11-13-15-24-38(43-40-32(28(3)4)20-17-21-33(40)29(5)6)36-26-19-27-37(42-36)39(25-16-14-12-2)44-41-34(30(7)8)22-18-23-35(41)31(9)10/h11-12,17-23,26-31H,1-2,13-16,24-25H2,3-10H3. The van der Waals surface area contributed by atoms with Crippen molar-refractivity contribution in [1.82, 2.24) is 4.98 Å². The number of aromatic nitrogens is 1. The van der Waals surface area contributed by atoms with Crippen LogP contribution in [-0.4, -0.2) is 16.4 Å². The third-order valence-corrected chi connectivity index (χ3v) is 8.16. The Hall–Kier alpha value is -3.59. The van der Waals surface area contributed by atoms with Crippen LogP contribution in [0.25, 0.3) is 0 Å². The number of allylic oxidation sites excluding steroid dienone is 2. The van der Waals surface area contributed by atoms with Crippen LogP contribution in [0.15, 0.2) is 89.9 Å². The van der Waals surface area contributed by atoms with Gasteiger partial charge in [0.15, 0.2) is 0 Å². The number of pyridine rings is 1. The van der Waals surface area contributed by atoms with Crippen LogP contribution in [-0.2, 0) is 0 Å². The molecule has 1 aromatic heterocycles. The largest absolute Gasteiger partial charge is 0.251 e. The van der Waals surface area contributed by atoms with Crippen molar-refractivity contribution in [1.29, 1.82) is 0 Å². The summed E-state index contributed by atoms with van der Waals surface area (Å²) in [6.45, 7) is 25.9. The smallest absolute Gasteiger partial charge is 0.0852 e. The molecule has 0 unspecified atom stereocenters. The first-order chi connectivity index (χ1) is 21.1. The first-order valence-electron chi connectivity index (χ1n) is 16.7. The van der Waals surface area contributed by atoms with Gasteiger partial charge in [0.25, 0.3) is 0 Å². The molecule has 0 saturated heterocycles. The van der Waals surface area contributed by atoms with E-state index in [1.54, 1.807) is 0 Å². The first-order valence-corrected chi connectivity index (χ1v) is 16.7. The molecule has 0 aliphatic heterocycles. The molecule has 0 spiro atoms. The van der Waals surface area contributed by atoms with Crippen LogP contribution >= 0.6 is 0 Å². The average molecular weight is 590 g/mol. The molecule has 0 N–H and O–H groups in total. The van der Waals surface area contributed by atoms with E-state index in [0.29, 0.717) is 23.7 Å². The first kappa shape index (κ1) is 34.9. The molecule has 0 amide bonds.